The van der Waals surface area contributed by atoms with Gasteiger partial charge in [-0.25, -0.2) is 4.98 Å². The van der Waals surface area contributed by atoms with Crippen LogP contribution >= 0.6 is 11.3 Å². The van der Waals surface area contributed by atoms with E-state index in [4.69, 9.17) is 5.73 Å². The lowest BCUT2D eigenvalue weighted by atomic mass is 10.4. The fourth-order valence-electron chi connectivity index (χ4n) is 1.45. The standard InChI is InChI=1S/C10H16N6S/c11-2-5-16-8-9(14-15-16)7-12-3-1-10-13-4-6-17-10/h4,6,8,12H,1-3,5,7,11H2. The summed E-state index contributed by atoms with van der Waals surface area (Å²) in [5, 5.41) is 14.5. The van der Waals surface area contributed by atoms with Crippen molar-refractivity contribution in [2.75, 3.05) is 13.1 Å². The molecule has 2 aromatic heterocycles. The summed E-state index contributed by atoms with van der Waals surface area (Å²) < 4.78 is 1.76. The molecule has 2 aromatic rings. The van der Waals surface area contributed by atoms with Crippen LogP contribution in [0.4, 0.5) is 0 Å². The second-order valence-electron chi connectivity index (χ2n) is 3.61. The Morgan fingerprint density at radius 1 is 1.47 bits per heavy atom. The molecule has 92 valence electrons. The average Bonchev–Trinajstić information content (AvgIpc) is 2.96. The molecule has 3 N–H and O–H groups in total. The maximum Gasteiger partial charge on any atom is 0.0964 e. The summed E-state index contributed by atoms with van der Waals surface area (Å²) in [5.74, 6) is 0. The van der Waals surface area contributed by atoms with E-state index in [9.17, 15) is 0 Å². The lowest BCUT2D eigenvalue weighted by Crippen LogP contribution is -2.16. The van der Waals surface area contributed by atoms with Crippen LogP contribution in [-0.4, -0.2) is 33.1 Å². The Kier molecular flexibility index (Phi) is 4.60. The number of rotatable bonds is 7. The topological polar surface area (TPSA) is 81.6 Å². The number of hydrogen-bond donors (Lipinski definition) is 2. The normalized spacial score (nSPS) is 10.9. The van der Waals surface area contributed by atoms with E-state index >= 15 is 0 Å². The second-order valence-corrected chi connectivity index (χ2v) is 4.59. The molecule has 17 heavy (non-hydrogen) atoms. The van der Waals surface area contributed by atoms with Gasteiger partial charge >= 0.3 is 0 Å². The van der Waals surface area contributed by atoms with Crippen LogP contribution in [0.5, 0.6) is 0 Å². The number of nitrogens with two attached hydrogens (primary N) is 1. The van der Waals surface area contributed by atoms with Crippen molar-refractivity contribution in [3.8, 4) is 0 Å². The molecule has 0 radical (unpaired) electrons. The van der Waals surface area contributed by atoms with Gasteiger partial charge in [0.2, 0.25) is 0 Å². The number of nitrogens with zero attached hydrogens (tertiary/aromatic N) is 4. The van der Waals surface area contributed by atoms with Crippen molar-refractivity contribution in [2.24, 2.45) is 5.73 Å². The molecule has 0 spiro atoms. The zero-order valence-corrected chi connectivity index (χ0v) is 10.4. The van der Waals surface area contributed by atoms with Crippen LogP contribution in [0.15, 0.2) is 17.8 Å². The molecular formula is C10H16N6S. The first-order chi connectivity index (χ1) is 8.38. The van der Waals surface area contributed by atoms with Crippen LogP contribution in [0.2, 0.25) is 0 Å². The molecule has 0 fully saturated rings. The van der Waals surface area contributed by atoms with Crippen molar-refractivity contribution in [2.45, 2.75) is 19.5 Å². The Labute approximate surface area is 104 Å². The molecule has 0 atom stereocenters. The smallest absolute Gasteiger partial charge is 0.0964 e. The number of aromatic nitrogens is 4. The summed E-state index contributed by atoms with van der Waals surface area (Å²) in [6, 6.07) is 0. The summed E-state index contributed by atoms with van der Waals surface area (Å²) in [5.41, 5.74) is 6.38. The Bertz CT molecular complexity index is 424. The van der Waals surface area contributed by atoms with Gasteiger partial charge in [0.1, 0.15) is 0 Å². The first-order valence-corrected chi connectivity index (χ1v) is 6.44. The third-order valence-corrected chi connectivity index (χ3v) is 3.09. The van der Waals surface area contributed by atoms with Crippen molar-refractivity contribution >= 4 is 11.3 Å². The molecular weight excluding hydrogens is 236 g/mol. The highest BCUT2D eigenvalue weighted by Gasteiger charge is 2.00. The van der Waals surface area contributed by atoms with Gasteiger partial charge in [0.15, 0.2) is 0 Å². The van der Waals surface area contributed by atoms with Gasteiger partial charge in [0.05, 0.1) is 17.2 Å². The van der Waals surface area contributed by atoms with Gasteiger partial charge < -0.3 is 11.1 Å². The third-order valence-electron chi connectivity index (χ3n) is 2.25. The lowest BCUT2D eigenvalue weighted by Gasteiger charge is -1.99. The van der Waals surface area contributed by atoms with Gasteiger partial charge in [-0.3, -0.25) is 4.68 Å². The average molecular weight is 252 g/mol. The maximum atomic E-state index is 5.44. The molecule has 2 rings (SSSR count). The van der Waals surface area contributed by atoms with E-state index in [0.29, 0.717) is 13.1 Å². The first kappa shape index (κ1) is 12.2. The molecule has 0 saturated carbocycles. The highest BCUT2D eigenvalue weighted by Crippen LogP contribution is 2.03. The predicted octanol–water partition coefficient (Wildman–Crippen LogP) is 0.0256. The van der Waals surface area contributed by atoms with E-state index in [1.165, 1.54) is 0 Å². The third kappa shape index (κ3) is 3.88. The van der Waals surface area contributed by atoms with E-state index in [1.807, 2.05) is 17.8 Å². The molecule has 0 aliphatic carbocycles. The fourth-order valence-corrected chi connectivity index (χ4v) is 2.07. The van der Waals surface area contributed by atoms with Crippen LogP contribution in [0.1, 0.15) is 10.7 Å². The number of thiazole rings is 1. The minimum absolute atomic E-state index is 0.584. The van der Waals surface area contributed by atoms with Crippen molar-refractivity contribution in [1.82, 2.24) is 25.3 Å². The van der Waals surface area contributed by atoms with Crippen molar-refractivity contribution in [3.63, 3.8) is 0 Å². The summed E-state index contributed by atoms with van der Waals surface area (Å²) in [4.78, 5) is 4.22. The molecule has 0 aliphatic heterocycles. The Morgan fingerprint density at radius 2 is 2.41 bits per heavy atom. The maximum absolute atomic E-state index is 5.44. The molecule has 2 heterocycles. The summed E-state index contributed by atoms with van der Waals surface area (Å²) >= 11 is 1.68. The molecule has 7 heteroatoms. The molecule has 0 bridgehead atoms. The summed E-state index contributed by atoms with van der Waals surface area (Å²) in [6.45, 7) is 2.93. The molecule has 0 unspecified atom stereocenters. The van der Waals surface area contributed by atoms with Gasteiger partial charge in [0.25, 0.3) is 0 Å². The lowest BCUT2D eigenvalue weighted by molar-refractivity contribution is 0.598. The van der Waals surface area contributed by atoms with E-state index in [-0.39, 0.29) is 0 Å². The molecule has 0 aromatic carbocycles. The number of nitrogens with one attached hydrogen (secondary N) is 1. The van der Waals surface area contributed by atoms with E-state index in [0.717, 1.165) is 30.2 Å². The SMILES string of the molecule is NCCn1cc(CNCCc2nccs2)nn1. The van der Waals surface area contributed by atoms with Gasteiger partial charge in [-0.2, -0.15) is 0 Å². The summed E-state index contributed by atoms with van der Waals surface area (Å²) in [6.07, 6.45) is 4.70. The van der Waals surface area contributed by atoms with E-state index in [1.54, 1.807) is 16.0 Å². The van der Waals surface area contributed by atoms with Crippen LogP contribution in [0.3, 0.4) is 0 Å². The van der Waals surface area contributed by atoms with E-state index < -0.39 is 0 Å². The van der Waals surface area contributed by atoms with Crippen LogP contribution < -0.4 is 11.1 Å². The van der Waals surface area contributed by atoms with E-state index in [2.05, 4.69) is 20.6 Å². The van der Waals surface area contributed by atoms with Gasteiger partial charge in [0, 0.05) is 43.8 Å². The highest BCUT2D eigenvalue weighted by atomic mass is 32.1. The summed E-state index contributed by atoms with van der Waals surface area (Å²) in [7, 11) is 0. The molecule has 6 nitrogen and oxygen atoms in total. The second kappa shape index (κ2) is 6.43. The van der Waals surface area contributed by atoms with Gasteiger partial charge in [-0.1, -0.05) is 5.21 Å². The molecule has 0 saturated heterocycles. The molecule has 0 amide bonds. The zero-order chi connectivity index (χ0) is 11.9. The van der Waals surface area contributed by atoms with Gasteiger partial charge in [-0.15, -0.1) is 16.4 Å². The Hall–Kier alpha value is -1.31. The van der Waals surface area contributed by atoms with Crippen LogP contribution in [0, 0.1) is 0 Å². The minimum Gasteiger partial charge on any atom is -0.329 e. The molecule has 0 aliphatic rings. The monoisotopic (exact) mass is 252 g/mol. The van der Waals surface area contributed by atoms with Crippen molar-refractivity contribution < 1.29 is 0 Å². The van der Waals surface area contributed by atoms with Gasteiger partial charge in [-0.05, 0) is 0 Å². The largest absolute Gasteiger partial charge is 0.329 e. The number of hydrogen-bond acceptors (Lipinski definition) is 6. The fraction of sp³-hybridized carbons (Fsp3) is 0.500. The van der Waals surface area contributed by atoms with Crippen LogP contribution in [0.25, 0.3) is 0 Å². The Morgan fingerprint density at radius 3 is 3.18 bits per heavy atom. The van der Waals surface area contributed by atoms with Crippen molar-refractivity contribution in [3.05, 3.63) is 28.5 Å². The van der Waals surface area contributed by atoms with Crippen LogP contribution in [-0.2, 0) is 19.5 Å². The highest BCUT2D eigenvalue weighted by molar-refractivity contribution is 7.09. The predicted molar refractivity (Wildman–Crippen MR) is 66.6 cm³/mol. The van der Waals surface area contributed by atoms with Crippen molar-refractivity contribution in [1.29, 1.82) is 0 Å². The minimum atomic E-state index is 0.584. The Balaban J connectivity index is 1.67. The quantitative estimate of drug-likeness (QED) is 0.679. The zero-order valence-electron chi connectivity index (χ0n) is 9.54. The first-order valence-electron chi connectivity index (χ1n) is 5.56.